The molecule has 1 amide bonds. The number of nitrogens with one attached hydrogen (secondary N) is 1. The summed E-state index contributed by atoms with van der Waals surface area (Å²) >= 11 is 0. The summed E-state index contributed by atoms with van der Waals surface area (Å²) in [5.41, 5.74) is 6.93. The van der Waals surface area contributed by atoms with Crippen molar-refractivity contribution < 1.29 is 4.79 Å². The van der Waals surface area contributed by atoms with Crippen LogP contribution in [0.5, 0.6) is 0 Å². The lowest BCUT2D eigenvalue weighted by molar-refractivity contribution is -0.130. The van der Waals surface area contributed by atoms with Gasteiger partial charge in [-0.05, 0) is 25.3 Å². The van der Waals surface area contributed by atoms with E-state index in [1.54, 1.807) is 12.1 Å². The first-order valence-electron chi connectivity index (χ1n) is 6.16. The van der Waals surface area contributed by atoms with Crippen LogP contribution in [0, 0.1) is 12.3 Å². The van der Waals surface area contributed by atoms with Crippen molar-refractivity contribution in [2.45, 2.75) is 18.8 Å². The first kappa shape index (κ1) is 12.6. The molecule has 1 heterocycles. The molecule has 2 rings (SSSR count). The highest BCUT2D eigenvalue weighted by Gasteiger charge is 2.24. The lowest BCUT2D eigenvalue weighted by Gasteiger charge is -2.20. The minimum absolute atomic E-state index is 0.0352. The molecule has 0 unspecified atom stereocenters. The molecule has 1 aliphatic heterocycles. The van der Waals surface area contributed by atoms with Crippen molar-refractivity contribution in [3.8, 4) is 0 Å². The predicted octanol–water partition coefficient (Wildman–Crippen LogP) is 1.51. The second-order valence-electron chi connectivity index (χ2n) is 4.62. The quantitative estimate of drug-likeness (QED) is 0.625. The maximum absolute atomic E-state index is 12.2. The number of carbonyl (C=O) groups excluding carboxylic acids is 1. The average Bonchev–Trinajstić information content (AvgIpc) is 2.91. The highest BCUT2D eigenvalue weighted by molar-refractivity contribution is 5.95. The molecule has 1 saturated heterocycles. The van der Waals surface area contributed by atoms with Crippen LogP contribution in [0.3, 0.4) is 0 Å². The first-order chi connectivity index (χ1) is 8.59. The van der Waals surface area contributed by atoms with Crippen molar-refractivity contribution >= 4 is 11.7 Å². The number of hydrogen-bond acceptors (Lipinski definition) is 2. The molecule has 1 aromatic carbocycles. The maximum Gasteiger partial charge on any atom is 0.230 e. The third-order valence-electron chi connectivity index (χ3n) is 3.34. The molecule has 1 radical (unpaired) electrons. The number of benzene rings is 1. The summed E-state index contributed by atoms with van der Waals surface area (Å²) in [6, 6.07) is 7.16. The Hall–Kier alpha value is -1.84. The van der Waals surface area contributed by atoms with Crippen LogP contribution in [0.4, 0.5) is 0 Å². The number of nitrogens with two attached hydrogens (primary N) is 1. The number of amides is 1. The molecule has 3 N–H and O–H groups in total. The number of rotatable bonds is 3. The van der Waals surface area contributed by atoms with Gasteiger partial charge in [0.1, 0.15) is 5.84 Å². The molecule has 4 heteroatoms. The third-order valence-corrected chi connectivity index (χ3v) is 3.34. The first-order valence-corrected chi connectivity index (χ1v) is 6.16. The van der Waals surface area contributed by atoms with Crippen LogP contribution in [0.1, 0.15) is 29.9 Å². The smallest absolute Gasteiger partial charge is 0.230 e. The van der Waals surface area contributed by atoms with Crippen molar-refractivity contribution in [2.24, 2.45) is 5.73 Å². The van der Waals surface area contributed by atoms with Crippen LogP contribution in [-0.2, 0) is 4.79 Å². The third kappa shape index (κ3) is 2.53. The summed E-state index contributed by atoms with van der Waals surface area (Å²) in [4.78, 5) is 14.0. The van der Waals surface area contributed by atoms with Gasteiger partial charge in [-0.25, -0.2) is 0 Å². The minimum Gasteiger partial charge on any atom is -0.384 e. The largest absolute Gasteiger partial charge is 0.384 e. The van der Waals surface area contributed by atoms with Gasteiger partial charge in [0.05, 0.1) is 5.92 Å². The molecule has 95 valence electrons. The Morgan fingerprint density at radius 2 is 1.83 bits per heavy atom. The van der Waals surface area contributed by atoms with Gasteiger partial charge in [0, 0.05) is 18.7 Å². The summed E-state index contributed by atoms with van der Waals surface area (Å²) in [6.07, 6.45) is 2.17. The van der Waals surface area contributed by atoms with E-state index >= 15 is 0 Å². The van der Waals surface area contributed by atoms with Crippen molar-refractivity contribution in [3.63, 3.8) is 0 Å². The molecule has 0 aromatic heterocycles. The van der Waals surface area contributed by atoms with Gasteiger partial charge in [0.25, 0.3) is 0 Å². The van der Waals surface area contributed by atoms with Gasteiger partial charge in [0.2, 0.25) is 5.91 Å². The second-order valence-corrected chi connectivity index (χ2v) is 4.62. The van der Waals surface area contributed by atoms with Crippen molar-refractivity contribution in [2.75, 3.05) is 13.1 Å². The van der Waals surface area contributed by atoms with Crippen LogP contribution in [-0.4, -0.2) is 29.7 Å². The lowest BCUT2D eigenvalue weighted by Crippen LogP contribution is -2.31. The fourth-order valence-corrected chi connectivity index (χ4v) is 2.20. The number of carbonyl (C=O) groups is 1. The Morgan fingerprint density at radius 3 is 2.33 bits per heavy atom. The maximum atomic E-state index is 12.2. The normalized spacial score (nSPS) is 16.6. The Morgan fingerprint density at radius 1 is 1.28 bits per heavy atom. The van der Waals surface area contributed by atoms with E-state index in [9.17, 15) is 4.79 Å². The van der Waals surface area contributed by atoms with E-state index in [0.29, 0.717) is 5.56 Å². The molecule has 1 atom stereocenters. The van der Waals surface area contributed by atoms with E-state index < -0.39 is 0 Å². The molecule has 1 fully saturated rings. The SMILES string of the molecule is [CH2][C@@H](C(=O)N1CCCC1)c1ccc(C(=N)N)cc1. The zero-order valence-electron chi connectivity index (χ0n) is 10.4. The molecule has 0 bridgehead atoms. The van der Waals surface area contributed by atoms with E-state index in [2.05, 4.69) is 6.92 Å². The molecule has 4 nitrogen and oxygen atoms in total. The van der Waals surface area contributed by atoms with Crippen LogP contribution in [0.2, 0.25) is 0 Å². The Kier molecular flexibility index (Phi) is 3.65. The van der Waals surface area contributed by atoms with Gasteiger partial charge < -0.3 is 10.6 Å². The summed E-state index contributed by atoms with van der Waals surface area (Å²) in [5.74, 6) is -0.250. The molecule has 0 saturated carbocycles. The van der Waals surface area contributed by atoms with E-state index in [0.717, 1.165) is 31.5 Å². The Bertz CT molecular complexity index is 447. The van der Waals surface area contributed by atoms with Crippen molar-refractivity contribution in [1.82, 2.24) is 4.90 Å². The van der Waals surface area contributed by atoms with Crippen LogP contribution in [0.15, 0.2) is 24.3 Å². The zero-order valence-corrected chi connectivity index (χ0v) is 10.4. The molecule has 1 aliphatic rings. The van der Waals surface area contributed by atoms with E-state index in [-0.39, 0.29) is 17.7 Å². The predicted molar refractivity (Wildman–Crippen MR) is 71.4 cm³/mol. The van der Waals surface area contributed by atoms with Crippen molar-refractivity contribution in [3.05, 3.63) is 42.3 Å². The number of nitrogen functional groups attached to an aromatic ring is 1. The lowest BCUT2D eigenvalue weighted by atomic mass is 9.98. The number of nitrogens with zero attached hydrogens (tertiary/aromatic N) is 1. The number of likely N-dealkylation sites (tertiary alicyclic amines) is 1. The number of amidine groups is 1. The Labute approximate surface area is 107 Å². The van der Waals surface area contributed by atoms with Crippen LogP contribution < -0.4 is 5.73 Å². The molecule has 0 spiro atoms. The van der Waals surface area contributed by atoms with Gasteiger partial charge in [-0.1, -0.05) is 24.3 Å². The van der Waals surface area contributed by atoms with Gasteiger partial charge >= 0.3 is 0 Å². The molecule has 0 aliphatic carbocycles. The van der Waals surface area contributed by atoms with Gasteiger partial charge in [0.15, 0.2) is 0 Å². The number of hydrogen-bond donors (Lipinski definition) is 2. The monoisotopic (exact) mass is 244 g/mol. The van der Waals surface area contributed by atoms with Crippen LogP contribution >= 0.6 is 0 Å². The standard InChI is InChI=1S/C14H18N3O/c1-10(14(18)17-8-2-3-9-17)11-4-6-12(7-5-11)13(15)16/h4-7,10H,1-3,8-9H2,(H3,15,16)/t10-/m1/s1. The zero-order chi connectivity index (χ0) is 13.1. The molecular formula is C14H18N3O. The van der Waals surface area contributed by atoms with E-state index in [1.807, 2.05) is 17.0 Å². The van der Waals surface area contributed by atoms with Crippen molar-refractivity contribution in [1.29, 1.82) is 5.41 Å². The molecule has 1 aromatic rings. The second kappa shape index (κ2) is 5.21. The van der Waals surface area contributed by atoms with Gasteiger partial charge in [-0.2, -0.15) is 0 Å². The Balaban J connectivity index is 2.10. The van der Waals surface area contributed by atoms with Gasteiger partial charge in [-0.15, -0.1) is 0 Å². The van der Waals surface area contributed by atoms with E-state index in [4.69, 9.17) is 11.1 Å². The molecular weight excluding hydrogens is 226 g/mol. The molecule has 18 heavy (non-hydrogen) atoms. The van der Waals surface area contributed by atoms with Gasteiger partial charge in [-0.3, -0.25) is 10.2 Å². The van der Waals surface area contributed by atoms with E-state index in [1.165, 1.54) is 0 Å². The summed E-state index contributed by atoms with van der Waals surface area (Å²) < 4.78 is 0. The highest BCUT2D eigenvalue weighted by Crippen LogP contribution is 2.20. The summed E-state index contributed by atoms with van der Waals surface area (Å²) in [5, 5.41) is 7.32. The fraction of sp³-hybridized carbons (Fsp3) is 0.357. The fourth-order valence-electron chi connectivity index (χ4n) is 2.20. The summed E-state index contributed by atoms with van der Waals surface area (Å²) in [6.45, 7) is 5.64. The van der Waals surface area contributed by atoms with Crippen LogP contribution in [0.25, 0.3) is 0 Å². The minimum atomic E-state index is -0.371. The topological polar surface area (TPSA) is 70.2 Å². The summed E-state index contributed by atoms with van der Waals surface area (Å²) in [7, 11) is 0. The highest BCUT2D eigenvalue weighted by atomic mass is 16.2. The average molecular weight is 244 g/mol.